The van der Waals surface area contributed by atoms with E-state index in [1.807, 2.05) is 0 Å². The van der Waals surface area contributed by atoms with Gasteiger partial charge in [0.05, 0.1) is 12.7 Å². The van der Waals surface area contributed by atoms with Crippen LogP contribution >= 0.6 is 0 Å². The van der Waals surface area contributed by atoms with Gasteiger partial charge in [-0.25, -0.2) is 0 Å². The molecule has 0 aliphatic carbocycles. The lowest BCUT2D eigenvalue weighted by molar-refractivity contribution is 0.0307. The molecule has 10 heavy (non-hydrogen) atoms. The van der Waals surface area contributed by atoms with Gasteiger partial charge in [0.15, 0.2) is 0 Å². The molecule has 0 aromatic heterocycles. The van der Waals surface area contributed by atoms with Crippen molar-refractivity contribution < 1.29 is 9.84 Å². The highest BCUT2D eigenvalue weighted by Gasteiger charge is 2.29. The van der Waals surface area contributed by atoms with E-state index >= 15 is 0 Å². The molecule has 1 aliphatic heterocycles. The topological polar surface area (TPSA) is 29.5 Å². The van der Waals surface area contributed by atoms with Gasteiger partial charge >= 0.3 is 0 Å². The molecule has 1 saturated heterocycles. The van der Waals surface area contributed by atoms with Crippen LogP contribution in [0.2, 0.25) is 0 Å². The highest BCUT2D eigenvalue weighted by molar-refractivity contribution is 4.77. The van der Waals surface area contributed by atoms with Gasteiger partial charge in [0.2, 0.25) is 0 Å². The van der Waals surface area contributed by atoms with Crippen molar-refractivity contribution >= 4 is 0 Å². The van der Waals surface area contributed by atoms with Crippen molar-refractivity contribution in [3.63, 3.8) is 0 Å². The molecule has 1 aliphatic rings. The quantitative estimate of drug-likeness (QED) is 0.627. The monoisotopic (exact) mass is 144 g/mol. The maximum Gasteiger partial charge on any atom is 0.0837 e. The van der Waals surface area contributed by atoms with Crippen molar-refractivity contribution in [3.05, 3.63) is 0 Å². The molecule has 60 valence electrons. The summed E-state index contributed by atoms with van der Waals surface area (Å²) in [5.41, 5.74) is 0. The Labute approximate surface area is 62.2 Å². The van der Waals surface area contributed by atoms with Crippen LogP contribution in [0.3, 0.4) is 0 Å². The fraction of sp³-hybridized carbons (Fsp3) is 1.00. The Morgan fingerprint density at radius 3 is 2.70 bits per heavy atom. The van der Waals surface area contributed by atoms with Crippen molar-refractivity contribution in [3.8, 4) is 0 Å². The lowest BCUT2D eigenvalue weighted by atomic mass is 9.90. The van der Waals surface area contributed by atoms with Crippen LogP contribution in [0, 0.1) is 11.8 Å². The van der Waals surface area contributed by atoms with Crippen LogP contribution in [0.4, 0.5) is 0 Å². The van der Waals surface area contributed by atoms with E-state index < -0.39 is 0 Å². The van der Waals surface area contributed by atoms with Crippen LogP contribution in [-0.2, 0) is 4.74 Å². The number of ether oxygens (including phenoxy) is 1. The lowest BCUT2D eigenvalue weighted by Gasteiger charge is -2.19. The summed E-state index contributed by atoms with van der Waals surface area (Å²) in [5, 5.41) is 8.86. The molecule has 1 N–H and O–H groups in total. The normalized spacial score (nSPS) is 33.6. The lowest BCUT2D eigenvalue weighted by Crippen LogP contribution is -2.24. The Hall–Kier alpha value is -0.0800. The molecule has 0 aromatic carbocycles. The molecule has 0 spiro atoms. The van der Waals surface area contributed by atoms with Gasteiger partial charge in [0.1, 0.15) is 0 Å². The first kappa shape index (κ1) is 8.02. The Balaban J connectivity index is 2.42. The predicted molar refractivity (Wildman–Crippen MR) is 39.8 cm³/mol. The van der Waals surface area contributed by atoms with Gasteiger partial charge in [-0.05, 0) is 18.3 Å². The number of aliphatic hydroxyl groups excluding tert-OH is 1. The van der Waals surface area contributed by atoms with E-state index in [0.29, 0.717) is 11.8 Å². The average Bonchev–Trinajstić information content (AvgIpc) is 2.33. The van der Waals surface area contributed by atoms with E-state index in [2.05, 4.69) is 13.8 Å². The number of hydrogen-bond donors (Lipinski definition) is 1. The minimum absolute atomic E-state index is 0.111. The summed E-state index contributed by atoms with van der Waals surface area (Å²) in [5.74, 6) is 1.21. The Morgan fingerprint density at radius 1 is 1.60 bits per heavy atom. The molecule has 1 rings (SSSR count). The van der Waals surface area contributed by atoms with Crippen molar-refractivity contribution in [1.29, 1.82) is 0 Å². The van der Waals surface area contributed by atoms with Gasteiger partial charge in [0, 0.05) is 6.61 Å². The number of rotatable bonds is 2. The highest BCUT2D eigenvalue weighted by atomic mass is 16.5. The molecule has 2 nitrogen and oxygen atoms in total. The van der Waals surface area contributed by atoms with Crippen molar-refractivity contribution in [1.82, 2.24) is 0 Å². The maximum absolute atomic E-state index is 8.86. The van der Waals surface area contributed by atoms with Crippen LogP contribution in [0.15, 0.2) is 0 Å². The van der Waals surface area contributed by atoms with Gasteiger partial charge in [-0.3, -0.25) is 0 Å². The Kier molecular flexibility index (Phi) is 2.69. The van der Waals surface area contributed by atoms with E-state index in [1.54, 1.807) is 0 Å². The van der Waals surface area contributed by atoms with Gasteiger partial charge in [-0.2, -0.15) is 0 Å². The molecular weight excluding hydrogens is 128 g/mol. The third-order valence-electron chi connectivity index (χ3n) is 2.30. The summed E-state index contributed by atoms with van der Waals surface area (Å²) in [4.78, 5) is 0. The van der Waals surface area contributed by atoms with Crippen molar-refractivity contribution in [2.24, 2.45) is 11.8 Å². The minimum atomic E-state index is 0.111. The first-order valence-electron chi connectivity index (χ1n) is 3.98. The third-order valence-corrected chi connectivity index (χ3v) is 2.30. The Morgan fingerprint density at radius 2 is 2.30 bits per heavy atom. The third kappa shape index (κ3) is 1.50. The van der Waals surface area contributed by atoms with E-state index in [9.17, 15) is 0 Å². The van der Waals surface area contributed by atoms with E-state index in [-0.39, 0.29) is 12.7 Å². The van der Waals surface area contributed by atoms with Gasteiger partial charge in [-0.1, -0.05) is 13.8 Å². The zero-order valence-electron chi connectivity index (χ0n) is 6.71. The van der Waals surface area contributed by atoms with E-state index in [0.717, 1.165) is 13.0 Å². The van der Waals surface area contributed by atoms with Gasteiger partial charge < -0.3 is 9.84 Å². The van der Waals surface area contributed by atoms with Crippen LogP contribution in [0.1, 0.15) is 20.3 Å². The van der Waals surface area contributed by atoms with Crippen LogP contribution in [-0.4, -0.2) is 24.4 Å². The van der Waals surface area contributed by atoms with Crippen LogP contribution in [0.5, 0.6) is 0 Å². The maximum atomic E-state index is 8.86. The van der Waals surface area contributed by atoms with E-state index in [1.165, 1.54) is 0 Å². The Bertz CT molecular complexity index is 101. The molecule has 2 atom stereocenters. The fourth-order valence-corrected chi connectivity index (χ4v) is 1.62. The SMILES string of the molecule is CC(C)[C@H]1CCO[C@H]1CO. The van der Waals surface area contributed by atoms with E-state index in [4.69, 9.17) is 9.84 Å². The second-order valence-corrected chi connectivity index (χ2v) is 3.29. The first-order chi connectivity index (χ1) is 4.75. The zero-order valence-corrected chi connectivity index (χ0v) is 6.71. The summed E-state index contributed by atoms with van der Waals surface area (Å²) in [6.45, 7) is 5.38. The summed E-state index contributed by atoms with van der Waals surface area (Å²) in [7, 11) is 0. The molecule has 0 radical (unpaired) electrons. The molecule has 0 amide bonds. The largest absolute Gasteiger partial charge is 0.394 e. The molecule has 2 heteroatoms. The molecule has 0 bridgehead atoms. The van der Waals surface area contributed by atoms with Crippen LogP contribution in [0.25, 0.3) is 0 Å². The average molecular weight is 144 g/mol. The standard InChI is InChI=1S/C8H16O2/c1-6(2)7-3-4-10-8(7)5-9/h6-9H,3-5H2,1-2H3/t7-,8+/m1/s1. The predicted octanol–water partition coefficient (Wildman–Crippen LogP) is 1.04. The molecule has 1 heterocycles. The summed E-state index contributed by atoms with van der Waals surface area (Å²) < 4.78 is 5.33. The molecule has 0 saturated carbocycles. The zero-order chi connectivity index (χ0) is 7.56. The molecular formula is C8H16O2. The van der Waals surface area contributed by atoms with Crippen LogP contribution < -0.4 is 0 Å². The smallest absolute Gasteiger partial charge is 0.0837 e. The minimum Gasteiger partial charge on any atom is -0.394 e. The molecule has 0 unspecified atom stereocenters. The van der Waals surface area contributed by atoms with Gasteiger partial charge in [-0.15, -0.1) is 0 Å². The highest BCUT2D eigenvalue weighted by Crippen LogP contribution is 2.27. The summed E-state index contributed by atoms with van der Waals surface area (Å²) >= 11 is 0. The summed E-state index contributed by atoms with van der Waals surface area (Å²) in [6, 6.07) is 0. The summed E-state index contributed by atoms with van der Waals surface area (Å²) in [6.07, 6.45) is 1.23. The number of hydrogen-bond acceptors (Lipinski definition) is 2. The second-order valence-electron chi connectivity index (χ2n) is 3.29. The second kappa shape index (κ2) is 3.35. The van der Waals surface area contributed by atoms with Gasteiger partial charge in [0.25, 0.3) is 0 Å². The fourth-order valence-electron chi connectivity index (χ4n) is 1.62. The first-order valence-corrected chi connectivity index (χ1v) is 3.98. The molecule has 0 aromatic rings. The molecule has 1 fully saturated rings. The number of aliphatic hydroxyl groups is 1. The van der Waals surface area contributed by atoms with Crippen molar-refractivity contribution in [2.75, 3.05) is 13.2 Å². The van der Waals surface area contributed by atoms with Crippen molar-refractivity contribution in [2.45, 2.75) is 26.4 Å².